The molecule has 8 nitrogen and oxygen atoms in total. The normalized spacial score (nSPS) is 11.8. The lowest BCUT2D eigenvalue weighted by Crippen LogP contribution is -2.42. The zero-order valence-corrected chi connectivity index (χ0v) is 10.4. The van der Waals surface area contributed by atoms with Gasteiger partial charge in [0, 0.05) is 13.3 Å². The van der Waals surface area contributed by atoms with Crippen molar-refractivity contribution in [3.8, 4) is 0 Å². The number of oxazole rings is 1. The third-order valence-electron chi connectivity index (χ3n) is 2.32. The van der Waals surface area contributed by atoms with Gasteiger partial charge in [-0.2, -0.15) is 0 Å². The van der Waals surface area contributed by atoms with Crippen LogP contribution in [0.15, 0.2) is 10.7 Å². The van der Waals surface area contributed by atoms with E-state index in [1.807, 2.05) is 0 Å². The molecule has 0 bridgehead atoms. The Bertz CT molecular complexity index is 482. The van der Waals surface area contributed by atoms with Crippen LogP contribution in [0.25, 0.3) is 0 Å². The van der Waals surface area contributed by atoms with E-state index in [2.05, 4.69) is 10.3 Å². The van der Waals surface area contributed by atoms with Gasteiger partial charge in [0.1, 0.15) is 12.3 Å². The lowest BCUT2D eigenvalue weighted by molar-refractivity contribution is -0.142. The maximum Gasteiger partial charge on any atom is 0.326 e. The number of nitrogens with one attached hydrogen (secondary N) is 1. The number of rotatable bonds is 7. The van der Waals surface area contributed by atoms with Gasteiger partial charge < -0.3 is 20.6 Å². The number of nitrogens with zero attached hydrogens (tertiary/aromatic N) is 1. The van der Waals surface area contributed by atoms with Crippen LogP contribution < -0.4 is 11.1 Å². The molecular formula is C11H15N3O5. The molecule has 0 aromatic carbocycles. The number of carbonyl (C=O) groups excluding carboxylic acids is 2. The van der Waals surface area contributed by atoms with Crippen LogP contribution in [-0.2, 0) is 20.8 Å². The van der Waals surface area contributed by atoms with Crippen molar-refractivity contribution >= 4 is 17.8 Å². The quantitative estimate of drug-likeness (QED) is 0.602. The molecule has 1 aromatic heterocycles. The van der Waals surface area contributed by atoms with Crippen molar-refractivity contribution in [2.75, 3.05) is 0 Å². The van der Waals surface area contributed by atoms with Crippen LogP contribution in [-0.4, -0.2) is 33.9 Å². The first kappa shape index (κ1) is 14.7. The Balaban J connectivity index is 2.51. The second-order valence-corrected chi connectivity index (χ2v) is 4.00. The summed E-state index contributed by atoms with van der Waals surface area (Å²) in [6, 6.07) is -1.15. The first-order valence-electron chi connectivity index (χ1n) is 5.60. The number of hydrogen-bond donors (Lipinski definition) is 3. The summed E-state index contributed by atoms with van der Waals surface area (Å²) >= 11 is 0. The number of primary amides is 1. The van der Waals surface area contributed by atoms with Crippen LogP contribution in [0.5, 0.6) is 0 Å². The molecule has 0 aliphatic carbocycles. The molecular weight excluding hydrogens is 254 g/mol. The van der Waals surface area contributed by atoms with Gasteiger partial charge in [0.05, 0.1) is 12.1 Å². The maximum absolute atomic E-state index is 11.6. The summed E-state index contributed by atoms with van der Waals surface area (Å²) in [6.07, 6.45) is 1.08. The van der Waals surface area contributed by atoms with Crippen LogP contribution in [0.1, 0.15) is 24.4 Å². The molecule has 0 radical (unpaired) electrons. The zero-order valence-electron chi connectivity index (χ0n) is 10.4. The highest BCUT2D eigenvalue weighted by molar-refractivity contribution is 5.85. The van der Waals surface area contributed by atoms with Crippen molar-refractivity contribution in [3.63, 3.8) is 0 Å². The second kappa shape index (κ2) is 6.53. The van der Waals surface area contributed by atoms with E-state index in [0.29, 0.717) is 11.6 Å². The third kappa shape index (κ3) is 5.19. The molecule has 0 saturated carbocycles. The lowest BCUT2D eigenvalue weighted by atomic mass is 10.1. The van der Waals surface area contributed by atoms with Gasteiger partial charge >= 0.3 is 5.97 Å². The fourth-order valence-corrected chi connectivity index (χ4v) is 1.44. The van der Waals surface area contributed by atoms with E-state index in [4.69, 9.17) is 15.3 Å². The molecule has 1 atom stereocenters. The fraction of sp³-hybridized carbons (Fsp3) is 0.455. The van der Waals surface area contributed by atoms with Gasteiger partial charge in [-0.25, -0.2) is 9.78 Å². The van der Waals surface area contributed by atoms with E-state index >= 15 is 0 Å². The second-order valence-electron chi connectivity index (χ2n) is 4.00. The molecule has 19 heavy (non-hydrogen) atoms. The standard InChI is InChI=1S/C11H15N3O5/c1-6-13-7(5-19-6)4-10(16)14-8(11(17)18)2-3-9(12)15/h5,8H,2-4H2,1H3,(H2,12,15)(H,14,16)(H,17,18)/t8-/m0/s1. The molecule has 0 aliphatic rings. The topological polar surface area (TPSA) is 136 Å². The number of aromatic nitrogens is 1. The lowest BCUT2D eigenvalue weighted by Gasteiger charge is -2.12. The zero-order chi connectivity index (χ0) is 14.4. The maximum atomic E-state index is 11.6. The molecule has 1 heterocycles. The van der Waals surface area contributed by atoms with Crippen LogP contribution in [0.4, 0.5) is 0 Å². The molecule has 0 spiro atoms. The van der Waals surface area contributed by atoms with Crippen molar-refractivity contribution in [1.29, 1.82) is 0 Å². The van der Waals surface area contributed by atoms with E-state index in [1.54, 1.807) is 6.92 Å². The number of amides is 2. The van der Waals surface area contributed by atoms with Gasteiger partial charge in [-0.05, 0) is 6.42 Å². The minimum Gasteiger partial charge on any atom is -0.480 e. The minimum atomic E-state index is -1.22. The van der Waals surface area contributed by atoms with Gasteiger partial charge in [-0.3, -0.25) is 9.59 Å². The molecule has 2 amide bonds. The molecule has 8 heteroatoms. The highest BCUT2D eigenvalue weighted by Crippen LogP contribution is 2.03. The Morgan fingerprint density at radius 2 is 2.21 bits per heavy atom. The van der Waals surface area contributed by atoms with Gasteiger partial charge in [-0.1, -0.05) is 0 Å². The summed E-state index contributed by atoms with van der Waals surface area (Å²) in [4.78, 5) is 37.0. The van der Waals surface area contributed by atoms with Crippen molar-refractivity contribution in [1.82, 2.24) is 10.3 Å². The summed E-state index contributed by atoms with van der Waals surface area (Å²) in [6.45, 7) is 1.63. The Kier molecular flexibility index (Phi) is 5.04. The van der Waals surface area contributed by atoms with Crippen molar-refractivity contribution < 1.29 is 23.9 Å². The van der Waals surface area contributed by atoms with Gasteiger partial charge in [0.2, 0.25) is 11.8 Å². The Morgan fingerprint density at radius 3 is 2.68 bits per heavy atom. The first-order valence-corrected chi connectivity index (χ1v) is 5.60. The predicted molar refractivity (Wildman–Crippen MR) is 62.9 cm³/mol. The van der Waals surface area contributed by atoms with E-state index in [-0.39, 0.29) is 19.3 Å². The van der Waals surface area contributed by atoms with Gasteiger partial charge in [-0.15, -0.1) is 0 Å². The molecule has 1 rings (SSSR count). The van der Waals surface area contributed by atoms with Crippen LogP contribution >= 0.6 is 0 Å². The van der Waals surface area contributed by atoms with Crippen LogP contribution in [0.2, 0.25) is 0 Å². The number of aryl methyl sites for hydroxylation is 1. The Labute approximate surface area is 109 Å². The number of carboxylic acid groups (broad SMARTS) is 1. The molecule has 0 aliphatic heterocycles. The highest BCUT2D eigenvalue weighted by Gasteiger charge is 2.21. The number of carboxylic acids is 1. The first-order chi connectivity index (χ1) is 8.88. The highest BCUT2D eigenvalue weighted by atomic mass is 16.4. The Hall–Kier alpha value is -2.38. The van der Waals surface area contributed by atoms with Crippen LogP contribution in [0, 0.1) is 6.92 Å². The van der Waals surface area contributed by atoms with Crippen molar-refractivity contribution in [2.45, 2.75) is 32.2 Å². The monoisotopic (exact) mass is 269 g/mol. The van der Waals surface area contributed by atoms with E-state index in [9.17, 15) is 14.4 Å². The summed E-state index contributed by atoms with van der Waals surface area (Å²) < 4.78 is 4.93. The predicted octanol–water partition coefficient (Wildman–Crippen LogP) is -0.640. The fourth-order valence-electron chi connectivity index (χ4n) is 1.44. The molecule has 104 valence electrons. The summed E-state index contributed by atoms with van der Waals surface area (Å²) in [5.74, 6) is -1.92. The van der Waals surface area contributed by atoms with Gasteiger partial charge in [0.15, 0.2) is 5.89 Å². The Morgan fingerprint density at radius 1 is 1.53 bits per heavy atom. The summed E-state index contributed by atoms with van der Waals surface area (Å²) in [7, 11) is 0. The number of aliphatic carboxylic acids is 1. The SMILES string of the molecule is Cc1nc(CC(=O)N[C@@H](CCC(N)=O)C(=O)O)co1. The number of carbonyl (C=O) groups is 3. The smallest absolute Gasteiger partial charge is 0.326 e. The van der Waals surface area contributed by atoms with Gasteiger partial charge in [0.25, 0.3) is 0 Å². The largest absolute Gasteiger partial charge is 0.480 e. The van der Waals surface area contributed by atoms with E-state index < -0.39 is 23.8 Å². The number of nitrogens with two attached hydrogens (primary N) is 1. The minimum absolute atomic E-state index is 0.0474. The summed E-state index contributed by atoms with van der Waals surface area (Å²) in [5.41, 5.74) is 5.34. The van der Waals surface area contributed by atoms with Crippen molar-refractivity contribution in [3.05, 3.63) is 17.8 Å². The van der Waals surface area contributed by atoms with Crippen LogP contribution in [0.3, 0.4) is 0 Å². The molecule has 1 aromatic rings. The van der Waals surface area contributed by atoms with E-state index in [1.165, 1.54) is 6.26 Å². The van der Waals surface area contributed by atoms with E-state index in [0.717, 1.165) is 0 Å². The molecule has 0 saturated heterocycles. The molecule has 0 unspecified atom stereocenters. The molecule has 0 fully saturated rings. The molecule has 4 N–H and O–H groups in total. The van der Waals surface area contributed by atoms with Crippen molar-refractivity contribution in [2.24, 2.45) is 5.73 Å². The number of hydrogen-bond acceptors (Lipinski definition) is 5. The average molecular weight is 269 g/mol. The summed E-state index contributed by atoms with van der Waals surface area (Å²) in [5, 5.41) is 11.2. The average Bonchev–Trinajstić information content (AvgIpc) is 2.69. The third-order valence-corrected chi connectivity index (χ3v) is 2.32.